The van der Waals surface area contributed by atoms with Crippen LogP contribution in [0.25, 0.3) is 0 Å². The summed E-state index contributed by atoms with van der Waals surface area (Å²) >= 11 is 2.18. The van der Waals surface area contributed by atoms with Crippen LogP contribution in [-0.4, -0.2) is 43.8 Å². The molecule has 0 N–H and O–H groups in total. The Balaban J connectivity index is 1.62. The minimum atomic E-state index is -3.38. The minimum Gasteiger partial charge on any atom is -0.296 e. The highest BCUT2D eigenvalue weighted by atomic mass is 127. The number of rotatable bonds is 4. The molecule has 2 aromatic rings. The Kier molecular flexibility index (Phi) is 5.59. The summed E-state index contributed by atoms with van der Waals surface area (Å²) in [5, 5.41) is 0. The molecule has 0 unspecified atom stereocenters. The second kappa shape index (κ2) is 7.51. The van der Waals surface area contributed by atoms with Crippen LogP contribution >= 0.6 is 22.6 Å². The molecule has 128 valence electrons. The number of hydrogen-bond donors (Lipinski definition) is 0. The van der Waals surface area contributed by atoms with Gasteiger partial charge in [0.15, 0.2) is 0 Å². The fourth-order valence-electron chi connectivity index (χ4n) is 2.84. The van der Waals surface area contributed by atoms with Gasteiger partial charge in [0, 0.05) is 36.3 Å². The maximum absolute atomic E-state index is 12.7. The van der Waals surface area contributed by atoms with Gasteiger partial charge in [-0.2, -0.15) is 4.31 Å². The number of piperazine rings is 1. The number of benzene rings is 2. The van der Waals surface area contributed by atoms with E-state index in [9.17, 15) is 8.42 Å². The van der Waals surface area contributed by atoms with Gasteiger partial charge in [-0.3, -0.25) is 4.90 Å². The molecule has 4 nitrogen and oxygen atoms in total. The van der Waals surface area contributed by atoms with E-state index in [2.05, 4.69) is 58.7 Å². The largest absolute Gasteiger partial charge is 0.296 e. The normalized spacial score (nSPS) is 17.1. The monoisotopic (exact) mass is 456 g/mol. The summed E-state index contributed by atoms with van der Waals surface area (Å²) < 4.78 is 28.0. The van der Waals surface area contributed by atoms with E-state index in [0.29, 0.717) is 18.0 Å². The van der Waals surface area contributed by atoms with Gasteiger partial charge in [-0.25, -0.2) is 8.42 Å². The lowest BCUT2D eigenvalue weighted by Crippen LogP contribution is -2.48. The predicted octanol–water partition coefficient (Wildman–Crippen LogP) is 3.11. The molecule has 0 amide bonds. The Bertz CT molecular complexity index is 781. The summed E-state index contributed by atoms with van der Waals surface area (Å²) in [5.74, 6) is 0. The van der Waals surface area contributed by atoms with Gasteiger partial charge in [0.05, 0.1) is 4.90 Å². The second-order valence-corrected chi connectivity index (χ2v) is 9.30. The fourth-order valence-corrected chi connectivity index (χ4v) is 4.62. The van der Waals surface area contributed by atoms with Crippen molar-refractivity contribution in [2.24, 2.45) is 0 Å². The Hall–Kier alpha value is -0.960. The Labute approximate surface area is 157 Å². The molecule has 1 aliphatic rings. The van der Waals surface area contributed by atoms with Crippen LogP contribution in [0.3, 0.4) is 0 Å². The molecule has 0 saturated carbocycles. The molecule has 0 aromatic heterocycles. The molecule has 6 heteroatoms. The van der Waals surface area contributed by atoms with E-state index >= 15 is 0 Å². The molecule has 1 fully saturated rings. The molecular formula is C18H21IN2O2S. The van der Waals surface area contributed by atoms with Gasteiger partial charge >= 0.3 is 0 Å². The molecule has 1 saturated heterocycles. The van der Waals surface area contributed by atoms with Crippen LogP contribution in [0.1, 0.15) is 11.1 Å². The number of nitrogens with zero attached hydrogens (tertiary/aromatic N) is 2. The average Bonchev–Trinajstić information content (AvgIpc) is 2.58. The first-order chi connectivity index (χ1) is 11.4. The van der Waals surface area contributed by atoms with Gasteiger partial charge < -0.3 is 0 Å². The van der Waals surface area contributed by atoms with Crippen molar-refractivity contribution in [3.63, 3.8) is 0 Å². The van der Waals surface area contributed by atoms with Crippen molar-refractivity contribution in [3.05, 3.63) is 63.2 Å². The molecular weight excluding hydrogens is 435 g/mol. The summed E-state index contributed by atoms with van der Waals surface area (Å²) in [6.45, 7) is 5.56. The van der Waals surface area contributed by atoms with E-state index < -0.39 is 10.0 Å². The Morgan fingerprint density at radius 1 is 0.917 bits per heavy atom. The molecule has 0 radical (unpaired) electrons. The van der Waals surface area contributed by atoms with Crippen LogP contribution in [0, 0.1) is 10.5 Å². The van der Waals surface area contributed by atoms with Crippen molar-refractivity contribution < 1.29 is 8.42 Å². The van der Waals surface area contributed by atoms with Crippen molar-refractivity contribution in [2.75, 3.05) is 26.2 Å². The van der Waals surface area contributed by atoms with Crippen LogP contribution < -0.4 is 0 Å². The minimum absolute atomic E-state index is 0.384. The Morgan fingerprint density at radius 2 is 1.50 bits per heavy atom. The SMILES string of the molecule is Cc1ccc(CN2CCN(S(=O)(=O)c3ccc(I)cc3)CC2)cc1. The standard InChI is InChI=1S/C18H21IN2O2S/c1-15-2-4-16(5-3-15)14-20-10-12-21(13-11-20)24(22,23)18-8-6-17(19)7-9-18/h2-9H,10-14H2,1H3. The summed E-state index contributed by atoms with van der Waals surface area (Å²) in [5.41, 5.74) is 2.53. The van der Waals surface area contributed by atoms with Crippen molar-refractivity contribution in [1.82, 2.24) is 9.21 Å². The number of hydrogen-bond acceptors (Lipinski definition) is 3. The van der Waals surface area contributed by atoms with Crippen molar-refractivity contribution in [2.45, 2.75) is 18.4 Å². The molecule has 1 heterocycles. The lowest BCUT2D eigenvalue weighted by Gasteiger charge is -2.34. The van der Waals surface area contributed by atoms with E-state index in [1.165, 1.54) is 11.1 Å². The third kappa shape index (κ3) is 4.17. The lowest BCUT2D eigenvalue weighted by molar-refractivity contribution is 0.181. The second-order valence-electron chi connectivity index (χ2n) is 6.12. The molecule has 2 aromatic carbocycles. The summed E-state index contributed by atoms with van der Waals surface area (Å²) in [6, 6.07) is 15.6. The van der Waals surface area contributed by atoms with E-state index in [0.717, 1.165) is 23.2 Å². The quantitative estimate of drug-likeness (QED) is 0.665. The van der Waals surface area contributed by atoms with Gasteiger partial charge in [0.1, 0.15) is 0 Å². The third-order valence-electron chi connectivity index (χ3n) is 4.31. The van der Waals surface area contributed by atoms with Crippen LogP contribution in [0.5, 0.6) is 0 Å². The van der Waals surface area contributed by atoms with Crippen LogP contribution in [0.15, 0.2) is 53.4 Å². The zero-order chi connectivity index (χ0) is 17.2. The molecule has 0 atom stereocenters. The third-order valence-corrected chi connectivity index (χ3v) is 6.94. The van der Waals surface area contributed by atoms with Crippen molar-refractivity contribution >= 4 is 32.6 Å². The van der Waals surface area contributed by atoms with E-state index in [1.54, 1.807) is 16.4 Å². The highest BCUT2D eigenvalue weighted by Crippen LogP contribution is 2.19. The molecule has 0 bridgehead atoms. The fraction of sp³-hybridized carbons (Fsp3) is 0.333. The number of halogens is 1. The topological polar surface area (TPSA) is 40.6 Å². The van der Waals surface area contributed by atoms with Crippen LogP contribution in [0.2, 0.25) is 0 Å². The molecule has 0 spiro atoms. The Morgan fingerprint density at radius 3 is 2.08 bits per heavy atom. The van der Waals surface area contributed by atoms with Gasteiger partial charge in [0.2, 0.25) is 10.0 Å². The van der Waals surface area contributed by atoms with Gasteiger partial charge in [-0.1, -0.05) is 29.8 Å². The summed E-state index contributed by atoms with van der Waals surface area (Å²) in [7, 11) is -3.38. The van der Waals surface area contributed by atoms with E-state index in [1.807, 2.05) is 12.1 Å². The highest BCUT2D eigenvalue weighted by molar-refractivity contribution is 14.1. The zero-order valence-corrected chi connectivity index (χ0v) is 16.6. The first-order valence-corrected chi connectivity index (χ1v) is 10.5. The van der Waals surface area contributed by atoms with Crippen molar-refractivity contribution in [1.29, 1.82) is 0 Å². The number of aryl methyl sites for hydroxylation is 1. The first kappa shape index (κ1) is 17.8. The van der Waals surface area contributed by atoms with Gasteiger partial charge in [-0.05, 0) is 59.3 Å². The van der Waals surface area contributed by atoms with Gasteiger partial charge in [0.25, 0.3) is 0 Å². The molecule has 1 aliphatic heterocycles. The van der Waals surface area contributed by atoms with E-state index in [4.69, 9.17) is 0 Å². The van der Waals surface area contributed by atoms with Crippen LogP contribution in [0.4, 0.5) is 0 Å². The zero-order valence-electron chi connectivity index (χ0n) is 13.7. The average molecular weight is 456 g/mol. The lowest BCUT2D eigenvalue weighted by atomic mass is 10.1. The van der Waals surface area contributed by atoms with Crippen LogP contribution in [-0.2, 0) is 16.6 Å². The van der Waals surface area contributed by atoms with E-state index in [-0.39, 0.29) is 0 Å². The highest BCUT2D eigenvalue weighted by Gasteiger charge is 2.28. The summed E-state index contributed by atoms with van der Waals surface area (Å²) in [4.78, 5) is 2.69. The smallest absolute Gasteiger partial charge is 0.243 e. The summed E-state index contributed by atoms with van der Waals surface area (Å²) in [6.07, 6.45) is 0. The molecule has 3 rings (SSSR count). The maximum Gasteiger partial charge on any atom is 0.243 e. The van der Waals surface area contributed by atoms with Gasteiger partial charge in [-0.15, -0.1) is 0 Å². The number of sulfonamides is 1. The first-order valence-electron chi connectivity index (χ1n) is 7.99. The maximum atomic E-state index is 12.7. The molecule has 0 aliphatic carbocycles. The molecule has 24 heavy (non-hydrogen) atoms. The van der Waals surface area contributed by atoms with Crippen molar-refractivity contribution in [3.8, 4) is 0 Å². The predicted molar refractivity (Wildman–Crippen MR) is 104 cm³/mol.